The van der Waals surface area contributed by atoms with Crippen molar-refractivity contribution in [3.8, 4) is 5.69 Å². The minimum absolute atomic E-state index is 0.378. The zero-order valence-electron chi connectivity index (χ0n) is 10.7. The lowest BCUT2D eigenvalue weighted by Gasteiger charge is -2.09. The molecule has 1 aromatic carbocycles. The summed E-state index contributed by atoms with van der Waals surface area (Å²) in [6.45, 7) is 6.76. The number of nitrogens with zero attached hydrogens (tertiary/aromatic N) is 4. The average molecular weight is 266 g/mol. The molecule has 5 nitrogen and oxygen atoms in total. The molecule has 0 aliphatic heterocycles. The van der Waals surface area contributed by atoms with E-state index in [0.29, 0.717) is 17.6 Å². The van der Waals surface area contributed by atoms with Gasteiger partial charge in [-0.1, -0.05) is 31.5 Å². The second-order valence-corrected chi connectivity index (χ2v) is 4.90. The van der Waals surface area contributed by atoms with Gasteiger partial charge in [0.05, 0.1) is 17.3 Å². The third-order valence-corrected chi connectivity index (χ3v) is 2.84. The van der Waals surface area contributed by atoms with Crippen LogP contribution in [0.15, 0.2) is 18.2 Å². The van der Waals surface area contributed by atoms with Gasteiger partial charge in [0.15, 0.2) is 5.82 Å². The Labute approximate surface area is 111 Å². The third-order valence-electron chi connectivity index (χ3n) is 2.53. The van der Waals surface area contributed by atoms with Crippen LogP contribution in [0.2, 0.25) is 5.02 Å². The predicted octanol–water partition coefficient (Wildman–Crippen LogP) is 2.12. The molecule has 18 heavy (non-hydrogen) atoms. The van der Waals surface area contributed by atoms with Gasteiger partial charge in [-0.15, -0.1) is 5.10 Å². The fourth-order valence-electron chi connectivity index (χ4n) is 1.58. The van der Waals surface area contributed by atoms with Crippen molar-refractivity contribution in [1.29, 1.82) is 0 Å². The monoisotopic (exact) mass is 265 g/mol. The van der Waals surface area contributed by atoms with Gasteiger partial charge in [0.2, 0.25) is 0 Å². The Kier molecular flexibility index (Phi) is 3.93. The van der Waals surface area contributed by atoms with E-state index < -0.39 is 0 Å². The Bertz CT molecular complexity index is 535. The van der Waals surface area contributed by atoms with Crippen molar-refractivity contribution in [1.82, 2.24) is 25.5 Å². The number of halogens is 1. The van der Waals surface area contributed by atoms with Crippen LogP contribution in [0.3, 0.4) is 0 Å². The largest absolute Gasteiger partial charge is 0.308 e. The summed E-state index contributed by atoms with van der Waals surface area (Å²) in [6, 6.07) is 6.19. The number of hydrogen-bond acceptors (Lipinski definition) is 4. The summed E-state index contributed by atoms with van der Waals surface area (Å²) < 4.78 is 1.66. The number of tetrazole rings is 1. The Morgan fingerprint density at radius 3 is 2.83 bits per heavy atom. The molecule has 2 aromatic rings. The fourth-order valence-corrected chi connectivity index (χ4v) is 1.90. The van der Waals surface area contributed by atoms with Gasteiger partial charge in [-0.05, 0) is 35.0 Å². The van der Waals surface area contributed by atoms with Crippen molar-refractivity contribution in [2.75, 3.05) is 0 Å². The highest BCUT2D eigenvalue weighted by atomic mass is 35.5. The van der Waals surface area contributed by atoms with Crippen LogP contribution in [0.5, 0.6) is 0 Å². The summed E-state index contributed by atoms with van der Waals surface area (Å²) in [5.74, 6) is 0.745. The first-order chi connectivity index (χ1) is 8.58. The van der Waals surface area contributed by atoms with E-state index in [0.717, 1.165) is 17.1 Å². The van der Waals surface area contributed by atoms with Gasteiger partial charge < -0.3 is 5.32 Å². The average Bonchev–Trinajstić information content (AvgIpc) is 2.74. The molecular formula is C12H16ClN5. The van der Waals surface area contributed by atoms with E-state index in [9.17, 15) is 0 Å². The maximum atomic E-state index is 6.22. The Hall–Kier alpha value is -1.46. The van der Waals surface area contributed by atoms with Gasteiger partial charge >= 0.3 is 0 Å². The van der Waals surface area contributed by atoms with E-state index in [1.807, 2.05) is 25.1 Å². The van der Waals surface area contributed by atoms with Crippen LogP contribution in [0.4, 0.5) is 0 Å². The fraction of sp³-hybridized carbons (Fsp3) is 0.417. The molecule has 0 unspecified atom stereocenters. The first kappa shape index (κ1) is 13.0. The molecule has 0 saturated heterocycles. The number of rotatable bonds is 4. The molecule has 96 valence electrons. The van der Waals surface area contributed by atoms with Crippen LogP contribution in [-0.4, -0.2) is 26.2 Å². The topological polar surface area (TPSA) is 55.6 Å². The molecule has 0 spiro atoms. The third kappa shape index (κ3) is 2.86. The molecule has 2 rings (SSSR count). The highest BCUT2D eigenvalue weighted by molar-refractivity contribution is 6.32. The number of hydrogen-bond donors (Lipinski definition) is 1. The summed E-state index contributed by atoms with van der Waals surface area (Å²) in [6.07, 6.45) is 0. The van der Waals surface area contributed by atoms with Gasteiger partial charge in [-0.25, -0.2) is 0 Å². The normalized spacial score (nSPS) is 11.2. The van der Waals surface area contributed by atoms with Crippen molar-refractivity contribution in [2.24, 2.45) is 0 Å². The van der Waals surface area contributed by atoms with Crippen molar-refractivity contribution in [3.63, 3.8) is 0 Å². The van der Waals surface area contributed by atoms with E-state index in [1.165, 1.54) is 0 Å². The molecule has 1 N–H and O–H groups in total. The molecule has 6 heteroatoms. The number of benzene rings is 1. The zero-order valence-corrected chi connectivity index (χ0v) is 11.4. The minimum Gasteiger partial charge on any atom is -0.308 e. The zero-order chi connectivity index (χ0) is 13.1. The van der Waals surface area contributed by atoms with E-state index in [1.54, 1.807) is 4.68 Å². The van der Waals surface area contributed by atoms with Crippen LogP contribution in [0.1, 0.15) is 25.2 Å². The lowest BCUT2D eigenvalue weighted by molar-refractivity contribution is 0.563. The first-order valence-corrected chi connectivity index (χ1v) is 6.23. The molecular weight excluding hydrogens is 250 g/mol. The lowest BCUT2D eigenvalue weighted by atomic mass is 10.2. The summed E-state index contributed by atoms with van der Waals surface area (Å²) >= 11 is 6.22. The summed E-state index contributed by atoms with van der Waals surface area (Å²) in [4.78, 5) is 0. The van der Waals surface area contributed by atoms with E-state index in [4.69, 9.17) is 11.6 Å². The van der Waals surface area contributed by atoms with Gasteiger partial charge in [0, 0.05) is 6.04 Å². The maximum absolute atomic E-state index is 6.22. The minimum atomic E-state index is 0.378. The molecule has 0 atom stereocenters. The molecule has 0 saturated carbocycles. The highest BCUT2D eigenvalue weighted by Gasteiger charge is 2.11. The number of aromatic nitrogens is 4. The van der Waals surface area contributed by atoms with Crippen LogP contribution >= 0.6 is 11.6 Å². The Morgan fingerprint density at radius 2 is 2.17 bits per heavy atom. The van der Waals surface area contributed by atoms with Crippen LogP contribution in [-0.2, 0) is 6.54 Å². The van der Waals surface area contributed by atoms with Crippen molar-refractivity contribution in [2.45, 2.75) is 33.4 Å². The quantitative estimate of drug-likeness (QED) is 0.920. The van der Waals surface area contributed by atoms with Crippen LogP contribution < -0.4 is 5.32 Å². The lowest BCUT2D eigenvalue weighted by Crippen LogP contribution is -2.24. The molecule has 1 heterocycles. The molecule has 0 amide bonds. The first-order valence-electron chi connectivity index (χ1n) is 5.85. The van der Waals surface area contributed by atoms with Crippen molar-refractivity contribution < 1.29 is 0 Å². The predicted molar refractivity (Wildman–Crippen MR) is 70.9 cm³/mol. The number of aryl methyl sites for hydroxylation is 1. The molecule has 0 radical (unpaired) electrons. The second-order valence-electron chi connectivity index (χ2n) is 4.50. The van der Waals surface area contributed by atoms with Gasteiger partial charge in [0.25, 0.3) is 0 Å². The molecule has 0 bridgehead atoms. The van der Waals surface area contributed by atoms with Gasteiger partial charge in [-0.2, -0.15) is 4.68 Å². The molecule has 1 aromatic heterocycles. The molecule has 0 aliphatic rings. The summed E-state index contributed by atoms with van der Waals surface area (Å²) in [5.41, 5.74) is 1.91. The smallest absolute Gasteiger partial charge is 0.170 e. The highest BCUT2D eigenvalue weighted by Crippen LogP contribution is 2.21. The van der Waals surface area contributed by atoms with E-state index in [2.05, 4.69) is 34.7 Å². The van der Waals surface area contributed by atoms with E-state index in [-0.39, 0.29) is 0 Å². The summed E-state index contributed by atoms with van der Waals surface area (Å²) in [5, 5.41) is 15.6. The van der Waals surface area contributed by atoms with Crippen molar-refractivity contribution >= 4 is 11.6 Å². The molecule has 0 aliphatic carbocycles. The van der Waals surface area contributed by atoms with Crippen LogP contribution in [0, 0.1) is 6.92 Å². The maximum Gasteiger partial charge on any atom is 0.170 e. The summed E-state index contributed by atoms with van der Waals surface area (Å²) in [7, 11) is 0. The molecule has 0 fully saturated rings. The number of nitrogens with one attached hydrogen (secondary N) is 1. The van der Waals surface area contributed by atoms with E-state index >= 15 is 0 Å². The Balaban J connectivity index is 2.30. The van der Waals surface area contributed by atoms with Crippen LogP contribution in [0.25, 0.3) is 5.69 Å². The second kappa shape index (κ2) is 5.46. The SMILES string of the molecule is Cc1ccc(-n2nnnc2CNC(C)C)c(Cl)c1. The van der Waals surface area contributed by atoms with Gasteiger partial charge in [-0.3, -0.25) is 0 Å². The van der Waals surface area contributed by atoms with Crippen molar-refractivity contribution in [3.05, 3.63) is 34.6 Å². The van der Waals surface area contributed by atoms with Gasteiger partial charge in [0.1, 0.15) is 0 Å². The standard InChI is InChI=1S/C12H16ClN5/c1-8(2)14-7-12-15-16-17-18(12)11-5-4-9(3)6-10(11)13/h4-6,8,14H,7H2,1-3H3. The Morgan fingerprint density at radius 1 is 1.39 bits per heavy atom.